The highest BCUT2D eigenvalue weighted by Crippen LogP contribution is 2.25. The predicted octanol–water partition coefficient (Wildman–Crippen LogP) is 2.24. The molecule has 0 radical (unpaired) electrons. The molecular formula is C17H18O5. The van der Waals surface area contributed by atoms with Crippen molar-refractivity contribution >= 4 is 11.6 Å². The fourth-order valence-electron chi connectivity index (χ4n) is 2.23. The number of carbonyl (C=O) groups excluding carboxylic acids is 2. The molecule has 0 amide bonds. The maximum absolute atomic E-state index is 12.0. The minimum atomic E-state index is -0.277. The van der Waals surface area contributed by atoms with Gasteiger partial charge < -0.3 is 14.2 Å². The van der Waals surface area contributed by atoms with Crippen molar-refractivity contribution in [2.24, 2.45) is 0 Å². The van der Waals surface area contributed by atoms with Gasteiger partial charge in [0.25, 0.3) is 0 Å². The Labute approximate surface area is 129 Å². The Kier molecular flexibility index (Phi) is 4.99. The highest BCUT2D eigenvalue weighted by atomic mass is 16.5. The van der Waals surface area contributed by atoms with Crippen LogP contribution in [0, 0.1) is 0 Å². The van der Waals surface area contributed by atoms with E-state index in [9.17, 15) is 9.59 Å². The quantitative estimate of drug-likeness (QED) is 0.754. The summed E-state index contributed by atoms with van der Waals surface area (Å²) < 4.78 is 15.3. The number of aryl methyl sites for hydroxylation is 1. The van der Waals surface area contributed by atoms with Crippen LogP contribution in [-0.2, 0) is 20.7 Å². The molecule has 0 aliphatic heterocycles. The first-order valence-corrected chi connectivity index (χ1v) is 6.84. The summed E-state index contributed by atoms with van der Waals surface area (Å²) in [6, 6.07) is 5.55. The van der Waals surface area contributed by atoms with Crippen molar-refractivity contribution in [3.05, 3.63) is 47.2 Å². The van der Waals surface area contributed by atoms with E-state index in [1.54, 1.807) is 20.3 Å². The first kappa shape index (κ1) is 15.8. The average molecular weight is 302 g/mol. The first-order chi connectivity index (χ1) is 10.6. The van der Waals surface area contributed by atoms with Crippen molar-refractivity contribution in [1.29, 1.82) is 0 Å². The van der Waals surface area contributed by atoms with Crippen molar-refractivity contribution in [2.75, 3.05) is 21.3 Å². The van der Waals surface area contributed by atoms with Crippen molar-refractivity contribution in [1.82, 2.24) is 0 Å². The monoisotopic (exact) mass is 302 g/mol. The highest BCUT2D eigenvalue weighted by molar-refractivity contribution is 6.19. The lowest BCUT2D eigenvalue weighted by molar-refractivity contribution is -0.117. The predicted molar refractivity (Wildman–Crippen MR) is 81.1 cm³/mol. The lowest BCUT2D eigenvalue weighted by atomic mass is 9.96. The summed E-state index contributed by atoms with van der Waals surface area (Å²) in [6.07, 6.45) is 3.66. The van der Waals surface area contributed by atoms with Gasteiger partial charge in [0.15, 0.2) is 11.5 Å². The van der Waals surface area contributed by atoms with Gasteiger partial charge in [-0.05, 0) is 36.6 Å². The summed E-state index contributed by atoms with van der Waals surface area (Å²) in [5.41, 5.74) is 1.45. The molecular weight excluding hydrogens is 284 g/mol. The zero-order valence-electron chi connectivity index (χ0n) is 12.8. The molecule has 2 rings (SSSR count). The van der Waals surface area contributed by atoms with Crippen molar-refractivity contribution in [3.8, 4) is 11.5 Å². The molecule has 5 heteroatoms. The summed E-state index contributed by atoms with van der Waals surface area (Å²) in [7, 11) is 4.54. The number of allylic oxidation sites excluding steroid dienone is 3. The van der Waals surface area contributed by atoms with E-state index in [0.29, 0.717) is 29.9 Å². The standard InChI is InChI=1S/C17H18O5/c1-20-13-6-11(7-14(9-13)21-2)4-5-12-8-16(19)17(22-3)10-15(12)18/h6-10H,4-5H2,1-3H3. The zero-order valence-corrected chi connectivity index (χ0v) is 12.8. The molecule has 22 heavy (non-hydrogen) atoms. The van der Waals surface area contributed by atoms with Gasteiger partial charge in [-0.2, -0.15) is 0 Å². The lowest BCUT2D eigenvalue weighted by Crippen LogP contribution is -2.14. The minimum absolute atomic E-state index is 0.0804. The van der Waals surface area contributed by atoms with Crippen LogP contribution in [-0.4, -0.2) is 32.9 Å². The highest BCUT2D eigenvalue weighted by Gasteiger charge is 2.20. The third-order valence-electron chi connectivity index (χ3n) is 3.44. The number of hydrogen-bond donors (Lipinski definition) is 0. The van der Waals surface area contributed by atoms with Crippen LogP contribution >= 0.6 is 0 Å². The van der Waals surface area contributed by atoms with Crippen LogP contribution in [0.25, 0.3) is 0 Å². The normalized spacial score (nSPS) is 14.3. The third kappa shape index (κ3) is 3.55. The SMILES string of the molecule is COC1=CC(=O)C(CCc2cc(OC)cc(OC)c2)=CC1=O. The van der Waals surface area contributed by atoms with E-state index in [-0.39, 0.29) is 17.3 Å². The first-order valence-electron chi connectivity index (χ1n) is 6.84. The molecule has 0 aromatic heterocycles. The van der Waals surface area contributed by atoms with E-state index in [0.717, 1.165) is 5.56 Å². The number of ketones is 2. The van der Waals surface area contributed by atoms with E-state index in [1.165, 1.54) is 19.3 Å². The Balaban J connectivity index is 2.11. The second-order valence-electron chi connectivity index (χ2n) is 4.83. The second-order valence-corrected chi connectivity index (χ2v) is 4.83. The van der Waals surface area contributed by atoms with Crippen LogP contribution in [0.1, 0.15) is 12.0 Å². The number of ether oxygens (including phenoxy) is 3. The van der Waals surface area contributed by atoms with Crippen LogP contribution in [0.3, 0.4) is 0 Å². The number of benzene rings is 1. The van der Waals surface area contributed by atoms with Gasteiger partial charge in [-0.15, -0.1) is 0 Å². The number of rotatable bonds is 6. The van der Waals surface area contributed by atoms with Gasteiger partial charge >= 0.3 is 0 Å². The van der Waals surface area contributed by atoms with Gasteiger partial charge in [0.1, 0.15) is 11.5 Å². The number of carbonyl (C=O) groups is 2. The molecule has 1 aromatic rings. The second kappa shape index (κ2) is 6.93. The third-order valence-corrected chi connectivity index (χ3v) is 3.44. The Morgan fingerprint density at radius 3 is 1.95 bits per heavy atom. The topological polar surface area (TPSA) is 61.8 Å². The average Bonchev–Trinajstić information content (AvgIpc) is 2.54. The maximum atomic E-state index is 12.0. The molecule has 1 aromatic carbocycles. The molecule has 0 heterocycles. The van der Waals surface area contributed by atoms with Gasteiger partial charge in [0, 0.05) is 17.7 Å². The van der Waals surface area contributed by atoms with Crippen LogP contribution in [0.5, 0.6) is 11.5 Å². The van der Waals surface area contributed by atoms with Gasteiger partial charge in [0.05, 0.1) is 21.3 Å². The minimum Gasteiger partial charge on any atom is -0.497 e. The molecule has 1 aliphatic rings. The molecule has 0 saturated carbocycles. The van der Waals surface area contributed by atoms with Gasteiger partial charge in [-0.3, -0.25) is 9.59 Å². The van der Waals surface area contributed by atoms with E-state index >= 15 is 0 Å². The lowest BCUT2D eigenvalue weighted by Gasteiger charge is -2.12. The molecule has 5 nitrogen and oxygen atoms in total. The van der Waals surface area contributed by atoms with Gasteiger partial charge in [-0.25, -0.2) is 0 Å². The molecule has 0 atom stereocenters. The van der Waals surface area contributed by atoms with E-state index in [4.69, 9.17) is 14.2 Å². The molecule has 0 fully saturated rings. The summed E-state index contributed by atoms with van der Waals surface area (Å²) in [5.74, 6) is 0.996. The summed E-state index contributed by atoms with van der Waals surface area (Å²) in [5, 5.41) is 0. The molecule has 116 valence electrons. The number of hydrogen-bond acceptors (Lipinski definition) is 5. The number of methoxy groups -OCH3 is 3. The van der Waals surface area contributed by atoms with Crippen molar-refractivity contribution < 1.29 is 23.8 Å². The van der Waals surface area contributed by atoms with Crippen LogP contribution in [0.2, 0.25) is 0 Å². The Bertz CT molecular complexity index is 633. The van der Waals surface area contributed by atoms with Crippen molar-refractivity contribution in [2.45, 2.75) is 12.8 Å². The van der Waals surface area contributed by atoms with Crippen LogP contribution in [0.4, 0.5) is 0 Å². The summed E-state index contributed by atoms with van der Waals surface area (Å²) in [6.45, 7) is 0. The van der Waals surface area contributed by atoms with Crippen LogP contribution in [0.15, 0.2) is 41.7 Å². The zero-order chi connectivity index (χ0) is 16.1. The Hall–Kier alpha value is -2.56. The van der Waals surface area contributed by atoms with E-state index in [2.05, 4.69) is 0 Å². The van der Waals surface area contributed by atoms with Crippen LogP contribution < -0.4 is 9.47 Å². The summed E-state index contributed by atoms with van der Waals surface area (Å²) in [4.78, 5) is 23.7. The van der Waals surface area contributed by atoms with E-state index < -0.39 is 0 Å². The Morgan fingerprint density at radius 2 is 1.41 bits per heavy atom. The fraction of sp³-hybridized carbons (Fsp3) is 0.294. The molecule has 0 unspecified atom stereocenters. The molecule has 0 bridgehead atoms. The molecule has 0 saturated heterocycles. The Morgan fingerprint density at radius 1 is 0.773 bits per heavy atom. The fourth-order valence-corrected chi connectivity index (χ4v) is 2.23. The molecule has 0 N–H and O–H groups in total. The molecule has 1 aliphatic carbocycles. The largest absolute Gasteiger partial charge is 0.497 e. The molecule has 0 spiro atoms. The van der Waals surface area contributed by atoms with Gasteiger partial charge in [-0.1, -0.05) is 0 Å². The van der Waals surface area contributed by atoms with Gasteiger partial charge in [0.2, 0.25) is 5.78 Å². The smallest absolute Gasteiger partial charge is 0.220 e. The summed E-state index contributed by atoms with van der Waals surface area (Å²) >= 11 is 0. The van der Waals surface area contributed by atoms with Crippen molar-refractivity contribution in [3.63, 3.8) is 0 Å². The van der Waals surface area contributed by atoms with E-state index in [1.807, 2.05) is 12.1 Å². The maximum Gasteiger partial charge on any atom is 0.220 e.